The molecule has 0 spiro atoms. The van der Waals surface area contributed by atoms with E-state index >= 15 is 0 Å². The molecule has 0 fully saturated rings. The van der Waals surface area contributed by atoms with Gasteiger partial charge in [-0.1, -0.05) is 6.07 Å². The lowest BCUT2D eigenvalue weighted by Gasteiger charge is -2.17. The lowest BCUT2D eigenvalue weighted by Crippen LogP contribution is -2.12. The fourth-order valence-electron chi connectivity index (χ4n) is 1.91. The SMILES string of the molecule is COc1cc(C)c(C)cc1C(N)CCCCO. The molecule has 0 bridgehead atoms. The zero-order chi connectivity index (χ0) is 12.8. The summed E-state index contributed by atoms with van der Waals surface area (Å²) in [5.74, 6) is 0.865. The number of methoxy groups -OCH3 is 1. The zero-order valence-corrected chi connectivity index (χ0v) is 11.0. The van der Waals surface area contributed by atoms with Gasteiger partial charge in [0, 0.05) is 18.2 Å². The minimum atomic E-state index is -0.0178. The quantitative estimate of drug-likeness (QED) is 0.747. The Balaban J connectivity index is 2.84. The van der Waals surface area contributed by atoms with Crippen molar-refractivity contribution < 1.29 is 9.84 Å². The van der Waals surface area contributed by atoms with Gasteiger partial charge in [-0.2, -0.15) is 0 Å². The largest absolute Gasteiger partial charge is 0.496 e. The summed E-state index contributed by atoms with van der Waals surface area (Å²) in [5, 5.41) is 8.77. The molecule has 3 heteroatoms. The Morgan fingerprint density at radius 2 is 1.88 bits per heavy atom. The predicted molar refractivity (Wildman–Crippen MR) is 70.3 cm³/mol. The predicted octanol–water partition coefficient (Wildman–Crippen LogP) is 2.47. The molecule has 0 aliphatic rings. The van der Waals surface area contributed by atoms with Crippen LogP contribution in [0.1, 0.15) is 42.0 Å². The first-order valence-electron chi connectivity index (χ1n) is 6.11. The van der Waals surface area contributed by atoms with Crippen molar-refractivity contribution in [3.63, 3.8) is 0 Å². The Labute approximate surface area is 104 Å². The molecule has 96 valence electrons. The monoisotopic (exact) mass is 237 g/mol. The Morgan fingerprint density at radius 3 is 2.47 bits per heavy atom. The molecule has 0 aromatic heterocycles. The molecule has 0 aliphatic carbocycles. The van der Waals surface area contributed by atoms with Gasteiger partial charge in [0.1, 0.15) is 5.75 Å². The normalized spacial score (nSPS) is 12.5. The second-order valence-electron chi connectivity index (χ2n) is 4.50. The smallest absolute Gasteiger partial charge is 0.123 e. The molecule has 1 aromatic rings. The maximum atomic E-state index is 8.77. The number of nitrogens with two attached hydrogens (primary N) is 1. The van der Waals surface area contributed by atoms with Crippen molar-refractivity contribution in [2.45, 2.75) is 39.2 Å². The molecule has 1 rings (SSSR count). The number of hydrogen-bond donors (Lipinski definition) is 2. The summed E-state index contributed by atoms with van der Waals surface area (Å²) in [5.41, 5.74) is 9.68. The van der Waals surface area contributed by atoms with Gasteiger partial charge in [0.25, 0.3) is 0 Å². The summed E-state index contributed by atoms with van der Waals surface area (Å²) in [6, 6.07) is 4.13. The van der Waals surface area contributed by atoms with Crippen molar-refractivity contribution in [3.05, 3.63) is 28.8 Å². The van der Waals surface area contributed by atoms with E-state index in [1.807, 2.05) is 6.07 Å². The van der Waals surface area contributed by atoms with Gasteiger partial charge in [-0.3, -0.25) is 0 Å². The number of aliphatic hydroxyl groups excluding tert-OH is 1. The summed E-state index contributed by atoms with van der Waals surface area (Å²) in [6.07, 6.45) is 2.62. The number of unbranched alkanes of at least 4 members (excludes halogenated alkanes) is 1. The van der Waals surface area contributed by atoms with Gasteiger partial charge in [-0.15, -0.1) is 0 Å². The molecule has 3 nitrogen and oxygen atoms in total. The highest BCUT2D eigenvalue weighted by molar-refractivity contribution is 5.43. The van der Waals surface area contributed by atoms with Gasteiger partial charge in [0.05, 0.1) is 7.11 Å². The standard InChI is InChI=1S/C14H23NO2/c1-10-8-12(13(15)6-4-5-7-16)14(17-3)9-11(10)2/h8-9,13,16H,4-7,15H2,1-3H3. The van der Waals surface area contributed by atoms with Gasteiger partial charge in [0.15, 0.2) is 0 Å². The number of aliphatic hydroxyl groups is 1. The Hall–Kier alpha value is -1.06. The molecule has 0 aliphatic heterocycles. The van der Waals surface area contributed by atoms with Crippen molar-refractivity contribution in [1.82, 2.24) is 0 Å². The van der Waals surface area contributed by atoms with Crippen LogP contribution in [-0.2, 0) is 0 Å². The first-order valence-corrected chi connectivity index (χ1v) is 6.11. The van der Waals surface area contributed by atoms with E-state index < -0.39 is 0 Å². The summed E-state index contributed by atoms with van der Waals surface area (Å²) >= 11 is 0. The first-order chi connectivity index (χ1) is 8.10. The lowest BCUT2D eigenvalue weighted by atomic mass is 9.97. The third-order valence-corrected chi connectivity index (χ3v) is 3.17. The van der Waals surface area contributed by atoms with E-state index in [9.17, 15) is 0 Å². The third-order valence-electron chi connectivity index (χ3n) is 3.17. The Kier molecular flexibility index (Phi) is 5.45. The fraction of sp³-hybridized carbons (Fsp3) is 0.571. The fourth-order valence-corrected chi connectivity index (χ4v) is 1.91. The van der Waals surface area contributed by atoms with Gasteiger partial charge in [-0.25, -0.2) is 0 Å². The van der Waals surface area contributed by atoms with Crippen LogP contribution >= 0.6 is 0 Å². The number of hydrogen-bond acceptors (Lipinski definition) is 3. The van der Waals surface area contributed by atoms with Crippen LogP contribution in [0, 0.1) is 13.8 Å². The molecule has 3 N–H and O–H groups in total. The van der Waals surface area contributed by atoms with Gasteiger partial charge < -0.3 is 15.6 Å². The Bertz CT molecular complexity index is 363. The Morgan fingerprint density at radius 1 is 1.24 bits per heavy atom. The van der Waals surface area contributed by atoms with E-state index in [4.69, 9.17) is 15.6 Å². The number of rotatable bonds is 6. The van der Waals surface area contributed by atoms with Crippen LogP contribution < -0.4 is 10.5 Å². The van der Waals surface area contributed by atoms with Crippen LogP contribution in [0.3, 0.4) is 0 Å². The molecule has 1 aromatic carbocycles. The van der Waals surface area contributed by atoms with E-state index in [2.05, 4.69) is 19.9 Å². The van der Waals surface area contributed by atoms with Gasteiger partial charge >= 0.3 is 0 Å². The van der Waals surface area contributed by atoms with Crippen LogP contribution in [0.2, 0.25) is 0 Å². The first kappa shape index (κ1) is 14.0. The highest BCUT2D eigenvalue weighted by atomic mass is 16.5. The maximum Gasteiger partial charge on any atom is 0.123 e. The molecule has 0 amide bonds. The van der Waals surface area contributed by atoms with Crippen molar-refractivity contribution in [3.8, 4) is 5.75 Å². The van der Waals surface area contributed by atoms with Crippen LogP contribution in [0.15, 0.2) is 12.1 Å². The van der Waals surface area contributed by atoms with Crippen molar-refractivity contribution in [1.29, 1.82) is 0 Å². The van der Waals surface area contributed by atoms with E-state index in [-0.39, 0.29) is 12.6 Å². The molecule has 0 saturated heterocycles. The summed E-state index contributed by atoms with van der Waals surface area (Å²) < 4.78 is 5.38. The highest BCUT2D eigenvalue weighted by Crippen LogP contribution is 2.29. The molecule has 1 atom stereocenters. The van der Waals surface area contributed by atoms with Crippen LogP contribution in [0.4, 0.5) is 0 Å². The molecular weight excluding hydrogens is 214 g/mol. The number of aryl methyl sites for hydroxylation is 2. The molecule has 1 unspecified atom stereocenters. The summed E-state index contributed by atoms with van der Waals surface area (Å²) in [6.45, 7) is 4.38. The third kappa shape index (κ3) is 3.72. The van der Waals surface area contributed by atoms with Crippen molar-refractivity contribution in [2.75, 3.05) is 13.7 Å². The van der Waals surface area contributed by atoms with Gasteiger partial charge in [-0.05, 0) is 50.3 Å². The topological polar surface area (TPSA) is 55.5 Å². The average molecular weight is 237 g/mol. The van der Waals surface area contributed by atoms with Crippen molar-refractivity contribution >= 4 is 0 Å². The zero-order valence-electron chi connectivity index (χ0n) is 11.0. The van der Waals surface area contributed by atoms with Crippen LogP contribution in [-0.4, -0.2) is 18.8 Å². The minimum Gasteiger partial charge on any atom is -0.496 e. The maximum absolute atomic E-state index is 8.77. The second-order valence-corrected chi connectivity index (χ2v) is 4.50. The number of benzene rings is 1. The molecule has 17 heavy (non-hydrogen) atoms. The number of ether oxygens (including phenoxy) is 1. The van der Waals surface area contributed by atoms with E-state index in [0.717, 1.165) is 30.6 Å². The van der Waals surface area contributed by atoms with E-state index in [0.29, 0.717) is 0 Å². The highest BCUT2D eigenvalue weighted by Gasteiger charge is 2.13. The van der Waals surface area contributed by atoms with E-state index in [1.165, 1.54) is 11.1 Å². The average Bonchev–Trinajstić information content (AvgIpc) is 2.32. The van der Waals surface area contributed by atoms with Crippen LogP contribution in [0.5, 0.6) is 5.75 Å². The van der Waals surface area contributed by atoms with Crippen LogP contribution in [0.25, 0.3) is 0 Å². The van der Waals surface area contributed by atoms with E-state index in [1.54, 1.807) is 7.11 Å². The molecule has 0 radical (unpaired) electrons. The lowest BCUT2D eigenvalue weighted by molar-refractivity contribution is 0.281. The summed E-state index contributed by atoms with van der Waals surface area (Å²) in [4.78, 5) is 0. The van der Waals surface area contributed by atoms with Gasteiger partial charge in [0.2, 0.25) is 0 Å². The second kappa shape index (κ2) is 6.62. The summed E-state index contributed by atoms with van der Waals surface area (Å²) in [7, 11) is 1.67. The molecule has 0 saturated carbocycles. The molecule has 0 heterocycles. The molecular formula is C14H23NO2. The minimum absolute atomic E-state index is 0.0178. The van der Waals surface area contributed by atoms with Crippen molar-refractivity contribution in [2.24, 2.45) is 5.73 Å².